The zero-order chi connectivity index (χ0) is 19.4. The second kappa shape index (κ2) is 7.58. The van der Waals surface area contributed by atoms with Crippen LogP contribution in [0.5, 0.6) is 0 Å². The number of amides is 2. The van der Waals surface area contributed by atoms with Gasteiger partial charge in [0.25, 0.3) is 5.91 Å². The van der Waals surface area contributed by atoms with E-state index in [1.54, 1.807) is 51.1 Å². The molecule has 140 valence electrons. The highest BCUT2D eigenvalue weighted by Crippen LogP contribution is 2.27. The Hall–Kier alpha value is -3.20. The molecule has 0 atom stereocenters. The van der Waals surface area contributed by atoms with Gasteiger partial charge in [-0.2, -0.15) is 0 Å². The van der Waals surface area contributed by atoms with Crippen molar-refractivity contribution >= 4 is 34.9 Å². The minimum atomic E-state index is -0.577. The van der Waals surface area contributed by atoms with Gasteiger partial charge in [-0.05, 0) is 62.6 Å². The number of aromatic nitrogens is 2. The lowest BCUT2D eigenvalue weighted by Crippen LogP contribution is -2.27. The number of benzene rings is 1. The third kappa shape index (κ3) is 4.91. The Labute approximate surface area is 159 Å². The summed E-state index contributed by atoms with van der Waals surface area (Å²) in [6, 6.07) is 8.40. The van der Waals surface area contributed by atoms with Crippen LogP contribution in [-0.2, 0) is 4.74 Å². The summed E-state index contributed by atoms with van der Waals surface area (Å²) in [5.74, 6) is -0.382. The van der Waals surface area contributed by atoms with Crippen molar-refractivity contribution in [2.24, 2.45) is 0 Å². The number of carbonyl (C=O) groups excluding carboxylic acids is 2. The van der Waals surface area contributed by atoms with Gasteiger partial charge in [0, 0.05) is 16.9 Å². The molecule has 0 aliphatic carbocycles. The van der Waals surface area contributed by atoms with Gasteiger partial charge in [-0.25, -0.2) is 4.79 Å². The molecule has 1 aromatic carbocycles. The largest absolute Gasteiger partial charge is 0.472 e. The standard InChI is InChI=1S/C18H18N4O4S/c1-18(2,3)26-17(24)20-13-6-4-12(5-7-13)19-16(23)14-15(27-22-21-14)11-8-9-25-10-11/h4-10H,1-3H3,(H,19,23)(H,20,24). The first kappa shape index (κ1) is 18.6. The maximum Gasteiger partial charge on any atom is 0.412 e. The minimum absolute atomic E-state index is 0.220. The molecule has 3 aromatic rings. The first-order valence-electron chi connectivity index (χ1n) is 8.08. The molecule has 27 heavy (non-hydrogen) atoms. The van der Waals surface area contributed by atoms with Crippen molar-refractivity contribution in [1.82, 2.24) is 9.59 Å². The Morgan fingerprint density at radius 2 is 1.74 bits per heavy atom. The van der Waals surface area contributed by atoms with Gasteiger partial charge < -0.3 is 14.5 Å². The fraction of sp³-hybridized carbons (Fsp3) is 0.222. The average molecular weight is 386 g/mol. The number of nitrogens with zero attached hydrogens (tertiary/aromatic N) is 2. The first-order valence-corrected chi connectivity index (χ1v) is 8.85. The SMILES string of the molecule is CC(C)(C)OC(=O)Nc1ccc(NC(=O)c2nnsc2-c2ccoc2)cc1. The third-order valence-corrected chi connectivity index (χ3v) is 4.05. The second-order valence-electron chi connectivity index (χ2n) is 6.62. The van der Waals surface area contributed by atoms with Crippen LogP contribution in [0.25, 0.3) is 10.4 Å². The predicted molar refractivity (Wildman–Crippen MR) is 102 cm³/mol. The number of nitrogens with one attached hydrogen (secondary N) is 2. The molecule has 0 unspecified atom stereocenters. The molecule has 0 bridgehead atoms. The molecule has 3 rings (SSSR count). The molecule has 0 aliphatic rings. The van der Waals surface area contributed by atoms with Crippen molar-refractivity contribution < 1.29 is 18.7 Å². The molecule has 2 N–H and O–H groups in total. The van der Waals surface area contributed by atoms with Gasteiger partial charge in [-0.15, -0.1) is 5.10 Å². The highest BCUT2D eigenvalue weighted by Gasteiger charge is 2.19. The second-order valence-corrected chi connectivity index (χ2v) is 7.38. The van der Waals surface area contributed by atoms with Crippen LogP contribution < -0.4 is 10.6 Å². The molecule has 2 aromatic heterocycles. The van der Waals surface area contributed by atoms with E-state index in [0.29, 0.717) is 16.3 Å². The zero-order valence-corrected chi connectivity index (χ0v) is 15.8. The van der Waals surface area contributed by atoms with Crippen molar-refractivity contribution in [2.45, 2.75) is 26.4 Å². The molecule has 0 radical (unpaired) electrons. The monoisotopic (exact) mass is 386 g/mol. The number of ether oxygens (including phenoxy) is 1. The summed E-state index contributed by atoms with van der Waals surface area (Å²) in [7, 11) is 0. The summed E-state index contributed by atoms with van der Waals surface area (Å²) in [6.07, 6.45) is 2.51. The van der Waals surface area contributed by atoms with E-state index in [4.69, 9.17) is 9.15 Å². The van der Waals surface area contributed by atoms with Crippen LogP contribution in [0.1, 0.15) is 31.3 Å². The van der Waals surface area contributed by atoms with Gasteiger partial charge in [0.2, 0.25) is 0 Å². The molecule has 2 heterocycles. The maximum atomic E-state index is 12.5. The lowest BCUT2D eigenvalue weighted by atomic mass is 10.2. The molecule has 2 amide bonds. The summed E-state index contributed by atoms with van der Waals surface area (Å²) in [5.41, 5.74) is 1.49. The van der Waals surface area contributed by atoms with E-state index in [2.05, 4.69) is 20.2 Å². The third-order valence-electron chi connectivity index (χ3n) is 3.27. The quantitative estimate of drug-likeness (QED) is 0.688. The molecule has 8 nitrogen and oxygen atoms in total. The van der Waals surface area contributed by atoms with Crippen LogP contribution in [0.2, 0.25) is 0 Å². The number of hydrogen-bond acceptors (Lipinski definition) is 7. The van der Waals surface area contributed by atoms with E-state index < -0.39 is 11.7 Å². The van der Waals surface area contributed by atoms with Crippen LogP contribution in [0.4, 0.5) is 16.2 Å². The number of carbonyl (C=O) groups is 2. The topological polar surface area (TPSA) is 106 Å². The highest BCUT2D eigenvalue weighted by atomic mass is 32.1. The van der Waals surface area contributed by atoms with E-state index in [1.807, 2.05) is 0 Å². The number of anilines is 2. The summed E-state index contributed by atoms with van der Waals surface area (Å²) in [4.78, 5) is 24.9. The van der Waals surface area contributed by atoms with Gasteiger partial charge in [0.1, 0.15) is 5.60 Å². The summed E-state index contributed by atoms with van der Waals surface area (Å²) >= 11 is 1.12. The Morgan fingerprint density at radius 3 is 2.33 bits per heavy atom. The Morgan fingerprint density at radius 1 is 1.07 bits per heavy atom. The maximum absolute atomic E-state index is 12.5. The van der Waals surface area contributed by atoms with Crippen molar-refractivity contribution in [2.75, 3.05) is 10.6 Å². The molecule has 0 spiro atoms. The van der Waals surface area contributed by atoms with Crippen LogP contribution in [-0.4, -0.2) is 27.2 Å². The lowest BCUT2D eigenvalue weighted by molar-refractivity contribution is 0.0635. The molecule has 9 heteroatoms. The Bertz CT molecular complexity index is 927. The zero-order valence-electron chi connectivity index (χ0n) is 15.0. The minimum Gasteiger partial charge on any atom is -0.472 e. The number of furan rings is 1. The van der Waals surface area contributed by atoms with Crippen molar-refractivity contribution in [3.8, 4) is 10.4 Å². The van der Waals surface area contributed by atoms with Crippen LogP contribution in [0, 0.1) is 0 Å². The van der Waals surface area contributed by atoms with Gasteiger partial charge in [0.15, 0.2) is 5.69 Å². The first-order chi connectivity index (χ1) is 12.8. The fourth-order valence-corrected chi connectivity index (χ4v) is 2.82. The summed E-state index contributed by atoms with van der Waals surface area (Å²) in [5, 5.41) is 9.29. The van der Waals surface area contributed by atoms with E-state index in [9.17, 15) is 9.59 Å². The molecule has 0 saturated carbocycles. The molecule has 0 saturated heterocycles. The van der Waals surface area contributed by atoms with E-state index in [1.165, 1.54) is 12.5 Å². The predicted octanol–water partition coefficient (Wildman–Crippen LogP) is 4.40. The van der Waals surface area contributed by atoms with Crippen LogP contribution in [0.3, 0.4) is 0 Å². The van der Waals surface area contributed by atoms with Gasteiger partial charge in [0.05, 0.1) is 17.4 Å². The number of rotatable bonds is 4. The van der Waals surface area contributed by atoms with Crippen molar-refractivity contribution in [3.05, 3.63) is 48.6 Å². The summed E-state index contributed by atoms with van der Waals surface area (Å²) in [6.45, 7) is 5.36. The van der Waals surface area contributed by atoms with Gasteiger partial charge in [-0.3, -0.25) is 10.1 Å². The Balaban J connectivity index is 1.64. The molecular formula is C18H18N4O4S. The number of hydrogen-bond donors (Lipinski definition) is 2. The molecule has 0 aliphatic heterocycles. The Kier molecular flexibility index (Phi) is 5.22. The normalized spacial score (nSPS) is 11.1. The lowest BCUT2D eigenvalue weighted by Gasteiger charge is -2.19. The van der Waals surface area contributed by atoms with Gasteiger partial charge in [-0.1, -0.05) is 4.49 Å². The van der Waals surface area contributed by atoms with Crippen molar-refractivity contribution in [1.29, 1.82) is 0 Å². The highest BCUT2D eigenvalue weighted by molar-refractivity contribution is 7.09. The molecular weight excluding hydrogens is 368 g/mol. The van der Waals surface area contributed by atoms with E-state index in [0.717, 1.165) is 17.1 Å². The smallest absolute Gasteiger partial charge is 0.412 e. The van der Waals surface area contributed by atoms with E-state index >= 15 is 0 Å². The van der Waals surface area contributed by atoms with Crippen LogP contribution >= 0.6 is 11.5 Å². The molecule has 0 fully saturated rings. The average Bonchev–Trinajstić information content (AvgIpc) is 3.25. The summed E-state index contributed by atoms with van der Waals surface area (Å²) < 4.78 is 14.1. The van der Waals surface area contributed by atoms with Gasteiger partial charge >= 0.3 is 6.09 Å². The van der Waals surface area contributed by atoms with Crippen LogP contribution in [0.15, 0.2) is 47.3 Å². The van der Waals surface area contributed by atoms with Crippen molar-refractivity contribution in [3.63, 3.8) is 0 Å². The van der Waals surface area contributed by atoms with E-state index in [-0.39, 0.29) is 11.6 Å². The fourth-order valence-electron chi connectivity index (χ4n) is 2.17.